The smallest absolute Gasteiger partial charge is 0.224 e. The SMILES string of the molecule is O=C1CC(Br)CN1Cc1cn2ccccc2n1. The molecule has 3 heterocycles. The second-order valence-corrected chi connectivity index (χ2v) is 5.57. The van der Waals surface area contributed by atoms with Gasteiger partial charge in [0.15, 0.2) is 0 Å². The van der Waals surface area contributed by atoms with E-state index < -0.39 is 0 Å². The van der Waals surface area contributed by atoms with Crippen molar-refractivity contribution in [1.82, 2.24) is 14.3 Å². The van der Waals surface area contributed by atoms with Crippen LogP contribution in [0.3, 0.4) is 0 Å². The van der Waals surface area contributed by atoms with Gasteiger partial charge in [0.05, 0.1) is 12.2 Å². The van der Waals surface area contributed by atoms with Crippen LogP contribution in [0.25, 0.3) is 5.65 Å². The Labute approximate surface area is 107 Å². The number of hydrogen-bond donors (Lipinski definition) is 0. The lowest BCUT2D eigenvalue weighted by Gasteiger charge is -2.13. The normalized spacial score (nSPS) is 20.4. The predicted octanol–water partition coefficient (Wildman–Crippen LogP) is 1.83. The van der Waals surface area contributed by atoms with Gasteiger partial charge in [-0.1, -0.05) is 22.0 Å². The number of fused-ring (bicyclic) bond motifs is 1. The Balaban J connectivity index is 1.83. The molecule has 2 aromatic heterocycles. The highest BCUT2D eigenvalue weighted by molar-refractivity contribution is 9.09. The van der Waals surface area contributed by atoms with Crippen molar-refractivity contribution in [3.05, 3.63) is 36.3 Å². The molecule has 1 atom stereocenters. The summed E-state index contributed by atoms with van der Waals surface area (Å²) in [5.41, 5.74) is 1.86. The van der Waals surface area contributed by atoms with Crippen LogP contribution in [0.4, 0.5) is 0 Å². The maximum absolute atomic E-state index is 11.7. The Morgan fingerprint density at radius 3 is 3.06 bits per heavy atom. The van der Waals surface area contributed by atoms with E-state index in [1.807, 2.05) is 39.9 Å². The van der Waals surface area contributed by atoms with Crippen LogP contribution in [-0.4, -0.2) is 31.6 Å². The van der Waals surface area contributed by atoms with Crippen LogP contribution >= 0.6 is 15.9 Å². The molecule has 0 aliphatic carbocycles. The summed E-state index contributed by atoms with van der Waals surface area (Å²) in [5, 5.41) is 0. The van der Waals surface area contributed by atoms with E-state index in [0.717, 1.165) is 17.9 Å². The first-order chi connectivity index (χ1) is 8.22. The lowest BCUT2D eigenvalue weighted by molar-refractivity contribution is -0.128. The fraction of sp³-hybridized carbons (Fsp3) is 0.333. The fourth-order valence-electron chi connectivity index (χ4n) is 2.14. The summed E-state index contributed by atoms with van der Waals surface area (Å²) in [6.07, 6.45) is 4.53. The Morgan fingerprint density at radius 2 is 2.35 bits per heavy atom. The zero-order valence-corrected chi connectivity index (χ0v) is 10.8. The molecule has 17 heavy (non-hydrogen) atoms. The molecule has 1 fully saturated rings. The predicted molar refractivity (Wildman–Crippen MR) is 67.9 cm³/mol. The number of imidazole rings is 1. The first kappa shape index (κ1) is 10.8. The number of carbonyl (C=O) groups is 1. The maximum Gasteiger partial charge on any atom is 0.224 e. The van der Waals surface area contributed by atoms with E-state index >= 15 is 0 Å². The lowest BCUT2D eigenvalue weighted by atomic mass is 10.4. The average Bonchev–Trinajstić information content (AvgIpc) is 2.82. The fourth-order valence-corrected chi connectivity index (χ4v) is 2.76. The molecule has 3 rings (SSSR count). The molecule has 1 amide bonds. The van der Waals surface area contributed by atoms with Gasteiger partial charge in [-0.3, -0.25) is 4.79 Å². The molecular weight excluding hydrogens is 282 g/mol. The molecule has 0 N–H and O–H groups in total. The Morgan fingerprint density at radius 1 is 1.47 bits per heavy atom. The van der Waals surface area contributed by atoms with Crippen LogP contribution in [0.15, 0.2) is 30.6 Å². The van der Waals surface area contributed by atoms with E-state index in [1.165, 1.54) is 0 Å². The molecule has 0 spiro atoms. The largest absolute Gasteiger partial charge is 0.336 e. The minimum Gasteiger partial charge on any atom is -0.336 e. The van der Waals surface area contributed by atoms with E-state index in [-0.39, 0.29) is 10.7 Å². The second-order valence-electron chi connectivity index (χ2n) is 4.27. The third kappa shape index (κ3) is 2.07. The molecule has 0 bridgehead atoms. The number of hydrogen-bond acceptors (Lipinski definition) is 2. The molecular formula is C12H12BrN3O. The number of carbonyl (C=O) groups excluding carboxylic acids is 1. The highest BCUT2D eigenvalue weighted by atomic mass is 79.9. The summed E-state index contributed by atoms with van der Waals surface area (Å²) in [6.45, 7) is 1.37. The Hall–Kier alpha value is -1.36. The van der Waals surface area contributed by atoms with Gasteiger partial charge in [-0.2, -0.15) is 0 Å². The van der Waals surface area contributed by atoms with Crippen LogP contribution in [-0.2, 0) is 11.3 Å². The van der Waals surface area contributed by atoms with E-state index in [2.05, 4.69) is 20.9 Å². The van der Waals surface area contributed by atoms with Crippen molar-refractivity contribution in [2.24, 2.45) is 0 Å². The van der Waals surface area contributed by atoms with Crippen LogP contribution in [0.1, 0.15) is 12.1 Å². The highest BCUT2D eigenvalue weighted by Gasteiger charge is 2.27. The van der Waals surface area contributed by atoms with Crippen molar-refractivity contribution in [3.8, 4) is 0 Å². The molecule has 1 aliphatic rings. The first-order valence-corrected chi connectivity index (χ1v) is 6.48. The number of nitrogens with zero attached hydrogens (tertiary/aromatic N) is 3. The van der Waals surface area contributed by atoms with Crippen molar-refractivity contribution in [2.75, 3.05) is 6.54 Å². The number of likely N-dealkylation sites (tertiary alicyclic amines) is 1. The van der Waals surface area contributed by atoms with Gasteiger partial charge in [-0.15, -0.1) is 0 Å². The van der Waals surface area contributed by atoms with Gasteiger partial charge in [0.1, 0.15) is 5.65 Å². The number of aromatic nitrogens is 2. The monoisotopic (exact) mass is 293 g/mol. The Bertz CT molecular complexity index is 533. The molecule has 5 heteroatoms. The third-order valence-electron chi connectivity index (χ3n) is 2.93. The minimum atomic E-state index is 0.198. The maximum atomic E-state index is 11.7. The topological polar surface area (TPSA) is 37.6 Å². The summed E-state index contributed by atoms with van der Waals surface area (Å²) < 4.78 is 1.97. The van der Waals surface area contributed by atoms with E-state index in [9.17, 15) is 4.79 Å². The summed E-state index contributed by atoms with van der Waals surface area (Å²) in [6, 6.07) is 5.89. The van der Waals surface area contributed by atoms with Crippen molar-refractivity contribution in [3.63, 3.8) is 0 Å². The number of pyridine rings is 1. The summed E-state index contributed by atoms with van der Waals surface area (Å²) in [7, 11) is 0. The average molecular weight is 294 g/mol. The lowest BCUT2D eigenvalue weighted by Crippen LogP contribution is -2.24. The van der Waals surface area contributed by atoms with E-state index in [0.29, 0.717) is 13.0 Å². The summed E-state index contributed by atoms with van der Waals surface area (Å²) >= 11 is 3.48. The highest BCUT2D eigenvalue weighted by Crippen LogP contribution is 2.20. The van der Waals surface area contributed by atoms with Gasteiger partial charge in [0.25, 0.3) is 0 Å². The molecule has 1 unspecified atom stereocenters. The first-order valence-electron chi connectivity index (χ1n) is 5.57. The molecule has 1 aliphatic heterocycles. The van der Waals surface area contributed by atoms with E-state index in [4.69, 9.17) is 0 Å². The van der Waals surface area contributed by atoms with Crippen molar-refractivity contribution in [2.45, 2.75) is 17.8 Å². The molecule has 88 valence electrons. The number of amides is 1. The molecule has 1 saturated heterocycles. The minimum absolute atomic E-state index is 0.198. The molecule has 2 aromatic rings. The van der Waals surface area contributed by atoms with E-state index in [1.54, 1.807) is 0 Å². The standard InChI is InChI=1S/C12H12BrN3O/c13-9-5-12(17)16(6-9)8-10-7-15-4-2-1-3-11(15)14-10/h1-4,7,9H,5-6,8H2. The summed E-state index contributed by atoms with van der Waals surface area (Å²) in [5.74, 6) is 0.198. The number of rotatable bonds is 2. The van der Waals surface area contributed by atoms with Gasteiger partial charge in [0.2, 0.25) is 5.91 Å². The van der Waals surface area contributed by atoms with Crippen molar-refractivity contribution < 1.29 is 4.79 Å². The van der Waals surface area contributed by atoms with Gasteiger partial charge in [0, 0.05) is 30.2 Å². The zero-order valence-electron chi connectivity index (χ0n) is 9.21. The second kappa shape index (κ2) is 4.14. The molecule has 4 nitrogen and oxygen atoms in total. The van der Waals surface area contributed by atoms with Gasteiger partial charge >= 0.3 is 0 Å². The van der Waals surface area contributed by atoms with Crippen LogP contribution in [0, 0.1) is 0 Å². The van der Waals surface area contributed by atoms with Gasteiger partial charge in [-0.05, 0) is 12.1 Å². The number of alkyl halides is 1. The van der Waals surface area contributed by atoms with Crippen LogP contribution in [0.2, 0.25) is 0 Å². The zero-order chi connectivity index (χ0) is 11.8. The van der Waals surface area contributed by atoms with Crippen molar-refractivity contribution in [1.29, 1.82) is 0 Å². The quantitative estimate of drug-likeness (QED) is 0.793. The Kier molecular flexibility index (Phi) is 2.63. The third-order valence-corrected chi connectivity index (χ3v) is 3.55. The molecule has 0 saturated carbocycles. The van der Waals surface area contributed by atoms with Crippen LogP contribution < -0.4 is 0 Å². The molecule has 0 aromatic carbocycles. The van der Waals surface area contributed by atoms with Gasteiger partial charge < -0.3 is 9.30 Å². The van der Waals surface area contributed by atoms with Crippen molar-refractivity contribution >= 4 is 27.5 Å². The number of halogens is 1. The molecule has 0 radical (unpaired) electrons. The van der Waals surface area contributed by atoms with Gasteiger partial charge in [-0.25, -0.2) is 4.98 Å². The van der Waals surface area contributed by atoms with Crippen LogP contribution in [0.5, 0.6) is 0 Å². The summed E-state index contributed by atoms with van der Waals surface area (Å²) in [4.78, 5) is 18.3.